The van der Waals surface area contributed by atoms with Crippen molar-refractivity contribution in [3.63, 3.8) is 0 Å². The van der Waals surface area contributed by atoms with Crippen molar-refractivity contribution in [3.05, 3.63) is 47.5 Å². The fourth-order valence-electron chi connectivity index (χ4n) is 2.57. The van der Waals surface area contributed by atoms with E-state index in [1.54, 1.807) is 0 Å². The van der Waals surface area contributed by atoms with Crippen molar-refractivity contribution < 1.29 is 0 Å². The summed E-state index contributed by atoms with van der Waals surface area (Å²) >= 11 is 5.04. The molecule has 0 atom stereocenters. The van der Waals surface area contributed by atoms with Gasteiger partial charge in [0, 0.05) is 7.05 Å². The molecule has 0 spiro atoms. The maximum Gasteiger partial charge on any atom is 0.117 e. The third kappa shape index (κ3) is 2.67. The predicted molar refractivity (Wildman–Crippen MR) is 87.3 cm³/mol. The van der Waals surface area contributed by atoms with E-state index in [4.69, 9.17) is 18.0 Å². The van der Waals surface area contributed by atoms with Gasteiger partial charge in [0.05, 0.1) is 40.4 Å². The van der Waals surface area contributed by atoms with Crippen LogP contribution in [0.2, 0.25) is 0 Å². The van der Waals surface area contributed by atoms with E-state index in [-0.39, 0.29) is 0 Å². The molecule has 6 heteroatoms. The number of benzene rings is 1. The first-order valence-electron chi connectivity index (χ1n) is 6.76. The van der Waals surface area contributed by atoms with Gasteiger partial charge < -0.3 is 10.3 Å². The van der Waals surface area contributed by atoms with Gasteiger partial charge in [-0.15, -0.1) is 0 Å². The Hall–Kier alpha value is -2.21. The van der Waals surface area contributed by atoms with Gasteiger partial charge in [0.1, 0.15) is 5.82 Å². The molecular weight excluding hydrogens is 282 g/mol. The molecule has 0 bridgehead atoms. The minimum atomic E-state index is 0.452. The Bertz CT molecular complexity index is 815. The average molecular weight is 299 g/mol. The van der Waals surface area contributed by atoms with Crippen molar-refractivity contribution in [1.29, 1.82) is 0 Å². The van der Waals surface area contributed by atoms with Crippen LogP contribution in [0.5, 0.6) is 0 Å². The van der Waals surface area contributed by atoms with E-state index in [2.05, 4.69) is 26.8 Å². The Balaban J connectivity index is 2.10. The second kappa shape index (κ2) is 5.29. The molecule has 2 N–H and O–H groups in total. The Labute approximate surface area is 128 Å². The number of hydrogen-bond donors (Lipinski definition) is 1. The first-order chi connectivity index (χ1) is 10.0. The Morgan fingerprint density at radius 1 is 1.33 bits per heavy atom. The summed E-state index contributed by atoms with van der Waals surface area (Å²) in [5.74, 6) is 0.891. The number of thiocarbonyl (C=S) groups is 1. The molecule has 0 aliphatic heterocycles. The van der Waals surface area contributed by atoms with Crippen LogP contribution < -0.4 is 5.73 Å². The van der Waals surface area contributed by atoms with Crippen molar-refractivity contribution in [2.24, 2.45) is 12.8 Å². The SMILES string of the molecule is Cc1cc(Cn2c(CC(N)=S)nc3ccccc32)n(C)n1. The summed E-state index contributed by atoms with van der Waals surface area (Å²) in [6, 6.07) is 10.1. The zero-order valence-corrected chi connectivity index (χ0v) is 12.9. The van der Waals surface area contributed by atoms with E-state index >= 15 is 0 Å². The molecule has 2 aromatic heterocycles. The molecule has 108 valence electrons. The molecule has 0 aliphatic carbocycles. The highest BCUT2D eigenvalue weighted by Crippen LogP contribution is 2.18. The lowest BCUT2D eigenvalue weighted by Gasteiger charge is -2.09. The largest absolute Gasteiger partial charge is 0.393 e. The number of aryl methyl sites for hydroxylation is 2. The summed E-state index contributed by atoms with van der Waals surface area (Å²) in [6.45, 7) is 2.70. The highest BCUT2D eigenvalue weighted by molar-refractivity contribution is 7.80. The quantitative estimate of drug-likeness (QED) is 0.748. The van der Waals surface area contributed by atoms with Crippen LogP contribution in [-0.4, -0.2) is 24.3 Å². The third-order valence-corrected chi connectivity index (χ3v) is 3.63. The summed E-state index contributed by atoms with van der Waals surface area (Å²) in [6.07, 6.45) is 0.501. The van der Waals surface area contributed by atoms with Crippen LogP contribution in [0.3, 0.4) is 0 Å². The molecule has 0 saturated carbocycles. The minimum Gasteiger partial charge on any atom is -0.393 e. The van der Waals surface area contributed by atoms with Crippen LogP contribution in [0.1, 0.15) is 17.2 Å². The van der Waals surface area contributed by atoms with Crippen molar-refractivity contribution in [1.82, 2.24) is 19.3 Å². The van der Waals surface area contributed by atoms with Crippen LogP contribution in [0.4, 0.5) is 0 Å². The molecule has 2 heterocycles. The van der Waals surface area contributed by atoms with Crippen LogP contribution in [0.15, 0.2) is 30.3 Å². The normalized spacial score (nSPS) is 11.1. The van der Waals surface area contributed by atoms with E-state index in [0.29, 0.717) is 18.0 Å². The molecule has 0 radical (unpaired) electrons. The number of nitrogens with zero attached hydrogens (tertiary/aromatic N) is 4. The molecule has 21 heavy (non-hydrogen) atoms. The Morgan fingerprint density at radius 2 is 2.10 bits per heavy atom. The summed E-state index contributed by atoms with van der Waals surface area (Å²) in [4.78, 5) is 5.10. The molecular formula is C15H17N5S. The fraction of sp³-hybridized carbons (Fsp3) is 0.267. The number of imidazole rings is 1. The standard InChI is InChI=1S/C15H17N5S/c1-10-7-11(19(2)18-10)9-20-13-6-4-3-5-12(13)17-15(20)8-14(16)21/h3-7H,8-9H2,1-2H3,(H2,16,21). The van der Waals surface area contributed by atoms with Gasteiger partial charge in [0.2, 0.25) is 0 Å². The van der Waals surface area contributed by atoms with Gasteiger partial charge in [0.25, 0.3) is 0 Å². The maximum absolute atomic E-state index is 5.70. The van der Waals surface area contributed by atoms with E-state index < -0.39 is 0 Å². The van der Waals surface area contributed by atoms with Gasteiger partial charge in [-0.3, -0.25) is 4.68 Å². The van der Waals surface area contributed by atoms with Crippen LogP contribution in [0, 0.1) is 6.92 Å². The lowest BCUT2D eigenvalue weighted by Crippen LogP contribution is -2.16. The Kier molecular flexibility index (Phi) is 3.47. The summed E-state index contributed by atoms with van der Waals surface area (Å²) in [7, 11) is 1.95. The predicted octanol–water partition coefficient (Wildman–Crippen LogP) is 1.96. The van der Waals surface area contributed by atoms with Gasteiger partial charge in [-0.05, 0) is 25.1 Å². The Morgan fingerprint density at radius 3 is 2.76 bits per heavy atom. The number of rotatable bonds is 4. The van der Waals surface area contributed by atoms with Crippen LogP contribution in [-0.2, 0) is 20.0 Å². The summed E-state index contributed by atoms with van der Waals surface area (Å²) in [5.41, 5.74) is 9.88. The highest BCUT2D eigenvalue weighted by Gasteiger charge is 2.13. The van der Waals surface area contributed by atoms with Crippen LogP contribution >= 0.6 is 12.2 Å². The maximum atomic E-state index is 5.70. The fourth-order valence-corrected chi connectivity index (χ4v) is 2.70. The molecule has 0 fully saturated rings. The molecule has 3 aromatic rings. The van der Waals surface area contributed by atoms with Gasteiger partial charge >= 0.3 is 0 Å². The lowest BCUT2D eigenvalue weighted by molar-refractivity contribution is 0.659. The monoisotopic (exact) mass is 299 g/mol. The molecule has 0 amide bonds. The van der Waals surface area contributed by atoms with Crippen molar-refractivity contribution in [3.8, 4) is 0 Å². The molecule has 3 rings (SSSR count). The molecule has 0 aliphatic rings. The van der Waals surface area contributed by atoms with Crippen molar-refractivity contribution in [2.45, 2.75) is 19.9 Å². The highest BCUT2D eigenvalue weighted by atomic mass is 32.1. The van der Waals surface area contributed by atoms with Gasteiger partial charge in [-0.25, -0.2) is 4.98 Å². The molecule has 1 aromatic carbocycles. The molecule has 0 saturated heterocycles. The smallest absolute Gasteiger partial charge is 0.117 e. The zero-order valence-electron chi connectivity index (χ0n) is 12.1. The number of nitrogens with two attached hydrogens (primary N) is 1. The second-order valence-electron chi connectivity index (χ2n) is 5.15. The first kappa shape index (κ1) is 13.8. The number of hydrogen-bond acceptors (Lipinski definition) is 3. The number of aromatic nitrogens is 4. The summed E-state index contributed by atoms with van der Waals surface area (Å²) in [5, 5.41) is 4.39. The lowest BCUT2D eigenvalue weighted by atomic mass is 10.3. The van der Waals surface area contributed by atoms with E-state index in [1.807, 2.05) is 36.9 Å². The van der Waals surface area contributed by atoms with Gasteiger partial charge in [0.15, 0.2) is 0 Å². The second-order valence-corrected chi connectivity index (χ2v) is 5.67. The van der Waals surface area contributed by atoms with Crippen LogP contribution in [0.25, 0.3) is 11.0 Å². The van der Waals surface area contributed by atoms with Gasteiger partial charge in [-0.2, -0.15) is 5.10 Å². The zero-order chi connectivity index (χ0) is 15.0. The molecule has 5 nitrogen and oxygen atoms in total. The average Bonchev–Trinajstić information content (AvgIpc) is 2.91. The minimum absolute atomic E-state index is 0.452. The van der Waals surface area contributed by atoms with Crippen molar-refractivity contribution >= 4 is 28.2 Å². The van der Waals surface area contributed by atoms with E-state index in [1.165, 1.54) is 0 Å². The number of para-hydroxylation sites is 2. The third-order valence-electron chi connectivity index (χ3n) is 3.48. The van der Waals surface area contributed by atoms with E-state index in [0.717, 1.165) is 28.2 Å². The number of fused-ring (bicyclic) bond motifs is 1. The first-order valence-corrected chi connectivity index (χ1v) is 7.17. The topological polar surface area (TPSA) is 61.7 Å². The van der Waals surface area contributed by atoms with Gasteiger partial charge in [-0.1, -0.05) is 24.4 Å². The van der Waals surface area contributed by atoms with Crippen molar-refractivity contribution in [2.75, 3.05) is 0 Å². The van der Waals surface area contributed by atoms with E-state index in [9.17, 15) is 0 Å². The summed E-state index contributed by atoms with van der Waals surface area (Å²) < 4.78 is 4.06. The molecule has 0 unspecified atom stereocenters.